The van der Waals surface area contributed by atoms with E-state index in [2.05, 4.69) is 17.4 Å². The van der Waals surface area contributed by atoms with Crippen LogP contribution in [0.3, 0.4) is 0 Å². The summed E-state index contributed by atoms with van der Waals surface area (Å²) < 4.78 is 5.66. The highest BCUT2D eigenvalue weighted by Crippen LogP contribution is 2.14. The molecule has 96 valence electrons. The van der Waals surface area contributed by atoms with Crippen molar-refractivity contribution in [3.63, 3.8) is 0 Å². The van der Waals surface area contributed by atoms with Crippen LogP contribution in [0.2, 0.25) is 0 Å². The van der Waals surface area contributed by atoms with Crippen molar-refractivity contribution in [1.29, 1.82) is 0 Å². The molecule has 0 bridgehead atoms. The molecule has 0 radical (unpaired) electrons. The Labute approximate surface area is 104 Å². The fourth-order valence-corrected chi connectivity index (χ4v) is 1.63. The van der Waals surface area contributed by atoms with Crippen LogP contribution in [-0.2, 0) is 6.54 Å². The lowest BCUT2D eigenvalue weighted by Gasteiger charge is -2.11. The van der Waals surface area contributed by atoms with Crippen molar-refractivity contribution in [2.75, 3.05) is 13.1 Å². The Morgan fingerprint density at radius 1 is 1.29 bits per heavy atom. The summed E-state index contributed by atoms with van der Waals surface area (Å²) >= 11 is 0. The molecule has 0 amide bonds. The van der Waals surface area contributed by atoms with Gasteiger partial charge in [-0.2, -0.15) is 0 Å². The van der Waals surface area contributed by atoms with Crippen LogP contribution in [0.1, 0.15) is 32.3 Å². The second-order valence-electron chi connectivity index (χ2n) is 4.49. The molecular weight excluding hydrogens is 212 g/mol. The van der Waals surface area contributed by atoms with Gasteiger partial charge in [-0.3, -0.25) is 0 Å². The van der Waals surface area contributed by atoms with Gasteiger partial charge in [0, 0.05) is 6.54 Å². The van der Waals surface area contributed by atoms with Gasteiger partial charge in [-0.25, -0.2) is 0 Å². The number of nitrogens with two attached hydrogens (primary N) is 1. The van der Waals surface area contributed by atoms with Gasteiger partial charge in [0.2, 0.25) is 0 Å². The third kappa shape index (κ3) is 6.29. The van der Waals surface area contributed by atoms with E-state index in [0.717, 1.165) is 38.2 Å². The monoisotopic (exact) mass is 236 g/mol. The average molecular weight is 236 g/mol. The summed E-state index contributed by atoms with van der Waals surface area (Å²) in [6.07, 6.45) is 2.45. The van der Waals surface area contributed by atoms with Crippen LogP contribution in [-0.4, -0.2) is 19.2 Å². The van der Waals surface area contributed by atoms with Crippen molar-refractivity contribution in [3.8, 4) is 5.75 Å². The summed E-state index contributed by atoms with van der Waals surface area (Å²) in [5, 5.41) is 3.41. The maximum atomic E-state index is 5.66. The first-order chi connectivity index (χ1) is 8.22. The summed E-state index contributed by atoms with van der Waals surface area (Å²) in [6, 6.07) is 8.24. The number of nitrogens with one attached hydrogen (secondary N) is 1. The normalized spacial score (nSPS) is 10.8. The Hall–Kier alpha value is -1.06. The van der Waals surface area contributed by atoms with E-state index >= 15 is 0 Å². The second-order valence-corrected chi connectivity index (χ2v) is 4.49. The van der Waals surface area contributed by atoms with E-state index in [1.54, 1.807) is 0 Å². The number of hydrogen-bond acceptors (Lipinski definition) is 3. The van der Waals surface area contributed by atoms with Crippen molar-refractivity contribution in [2.45, 2.75) is 39.3 Å². The predicted molar refractivity (Wildman–Crippen MR) is 72.2 cm³/mol. The molecule has 0 aliphatic heterocycles. The number of ether oxygens (including phenoxy) is 1. The van der Waals surface area contributed by atoms with Crippen LogP contribution in [0.15, 0.2) is 24.3 Å². The minimum atomic E-state index is 0.225. The van der Waals surface area contributed by atoms with E-state index in [-0.39, 0.29) is 6.10 Å². The van der Waals surface area contributed by atoms with Gasteiger partial charge in [0.1, 0.15) is 5.75 Å². The third-order valence-electron chi connectivity index (χ3n) is 2.41. The zero-order valence-corrected chi connectivity index (χ0v) is 10.9. The third-order valence-corrected chi connectivity index (χ3v) is 2.41. The van der Waals surface area contributed by atoms with Crippen LogP contribution < -0.4 is 15.8 Å². The summed E-state index contributed by atoms with van der Waals surface area (Å²) in [6.45, 7) is 6.77. The van der Waals surface area contributed by atoms with E-state index < -0.39 is 0 Å². The average Bonchev–Trinajstić information content (AvgIpc) is 2.28. The molecule has 1 rings (SSSR count). The molecule has 3 heteroatoms. The van der Waals surface area contributed by atoms with Crippen molar-refractivity contribution < 1.29 is 4.74 Å². The fraction of sp³-hybridized carbons (Fsp3) is 0.571. The molecule has 3 N–H and O–H groups in total. The number of hydrogen-bond donors (Lipinski definition) is 2. The topological polar surface area (TPSA) is 47.3 Å². The fourth-order valence-electron chi connectivity index (χ4n) is 1.63. The highest BCUT2D eigenvalue weighted by molar-refractivity contribution is 5.28. The van der Waals surface area contributed by atoms with E-state index in [1.165, 1.54) is 5.56 Å². The van der Waals surface area contributed by atoms with Gasteiger partial charge in [0.15, 0.2) is 0 Å². The van der Waals surface area contributed by atoms with Crippen molar-refractivity contribution in [2.24, 2.45) is 5.73 Å². The lowest BCUT2D eigenvalue weighted by atomic mass is 10.2. The van der Waals surface area contributed by atoms with E-state index in [9.17, 15) is 0 Å². The zero-order valence-electron chi connectivity index (χ0n) is 10.9. The maximum absolute atomic E-state index is 5.66. The number of unbranched alkanes of at least 4 members (excludes halogenated alkanes) is 1. The van der Waals surface area contributed by atoms with Gasteiger partial charge in [-0.05, 0) is 57.5 Å². The second kappa shape index (κ2) is 8.09. The first-order valence-electron chi connectivity index (χ1n) is 6.38. The molecule has 0 aliphatic rings. The van der Waals surface area contributed by atoms with Crippen LogP contribution in [0.5, 0.6) is 5.75 Å². The lowest BCUT2D eigenvalue weighted by Crippen LogP contribution is -2.16. The van der Waals surface area contributed by atoms with Crippen molar-refractivity contribution in [1.82, 2.24) is 5.32 Å². The first kappa shape index (κ1) is 14.0. The molecule has 0 fully saturated rings. The molecule has 0 unspecified atom stereocenters. The van der Waals surface area contributed by atoms with Gasteiger partial charge in [-0.1, -0.05) is 12.1 Å². The number of benzene rings is 1. The van der Waals surface area contributed by atoms with E-state index in [0.29, 0.717) is 0 Å². The molecule has 0 atom stereocenters. The molecule has 0 aliphatic carbocycles. The Morgan fingerprint density at radius 2 is 2.12 bits per heavy atom. The van der Waals surface area contributed by atoms with Gasteiger partial charge in [0.25, 0.3) is 0 Å². The smallest absolute Gasteiger partial charge is 0.120 e. The maximum Gasteiger partial charge on any atom is 0.120 e. The highest BCUT2D eigenvalue weighted by Gasteiger charge is 1.99. The molecule has 1 aromatic carbocycles. The summed E-state index contributed by atoms with van der Waals surface area (Å²) in [4.78, 5) is 0. The van der Waals surface area contributed by atoms with Crippen LogP contribution in [0, 0.1) is 0 Å². The Bertz CT molecular complexity index is 313. The molecule has 0 spiro atoms. The molecule has 1 aromatic rings. The minimum Gasteiger partial charge on any atom is -0.491 e. The van der Waals surface area contributed by atoms with Gasteiger partial charge in [-0.15, -0.1) is 0 Å². The first-order valence-corrected chi connectivity index (χ1v) is 6.38. The predicted octanol–water partition coefficient (Wildman–Crippen LogP) is 2.30. The quantitative estimate of drug-likeness (QED) is 0.681. The zero-order chi connectivity index (χ0) is 12.5. The Morgan fingerprint density at radius 3 is 2.82 bits per heavy atom. The molecule has 0 heterocycles. The van der Waals surface area contributed by atoms with Crippen molar-refractivity contribution >= 4 is 0 Å². The van der Waals surface area contributed by atoms with Gasteiger partial charge in [0.05, 0.1) is 6.10 Å². The molecule has 3 nitrogen and oxygen atoms in total. The molecule has 0 aromatic heterocycles. The minimum absolute atomic E-state index is 0.225. The van der Waals surface area contributed by atoms with Crippen LogP contribution >= 0.6 is 0 Å². The van der Waals surface area contributed by atoms with E-state index in [1.807, 2.05) is 26.0 Å². The van der Waals surface area contributed by atoms with E-state index in [4.69, 9.17) is 10.5 Å². The summed E-state index contributed by atoms with van der Waals surface area (Å²) in [7, 11) is 0. The van der Waals surface area contributed by atoms with Gasteiger partial charge >= 0.3 is 0 Å². The summed E-state index contributed by atoms with van der Waals surface area (Å²) in [5.74, 6) is 0.946. The molecular formula is C14H24N2O. The molecule has 0 saturated carbocycles. The van der Waals surface area contributed by atoms with Crippen LogP contribution in [0.25, 0.3) is 0 Å². The lowest BCUT2D eigenvalue weighted by molar-refractivity contribution is 0.242. The van der Waals surface area contributed by atoms with Crippen molar-refractivity contribution in [3.05, 3.63) is 29.8 Å². The van der Waals surface area contributed by atoms with Crippen LogP contribution in [0.4, 0.5) is 0 Å². The number of rotatable bonds is 8. The highest BCUT2D eigenvalue weighted by atomic mass is 16.5. The molecule has 0 saturated heterocycles. The molecule has 17 heavy (non-hydrogen) atoms. The largest absolute Gasteiger partial charge is 0.491 e. The Balaban J connectivity index is 2.32. The van der Waals surface area contributed by atoms with Gasteiger partial charge < -0.3 is 15.8 Å². The summed E-state index contributed by atoms with van der Waals surface area (Å²) in [5.41, 5.74) is 6.70. The SMILES string of the molecule is CC(C)Oc1cccc(CNCCCCN)c1. The standard InChI is InChI=1S/C14H24N2O/c1-12(2)17-14-7-5-6-13(10-14)11-16-9-4-3-8-15/h5-7,10,12,16H,3-4,8-9,11,15H2,1-2H3. The Kier molecular flexibility index (Phi) is 6.67.